The summed E-state index contributed by atoms with van der Waals surface area (Å²) in [4.78, 5) is 2.23. The lowest BCUT2D eigenvalue weighted by Gasteiger charge is -2.14. The summed E-state index contributed by atoms with van der Waals surface area (Å²) < 4.78 is 8.47. The molecule has 1 aliphatic rings. The van der Waals surface area contributed by atoms with Crippen LogP contribution in [0.25, 0.3) is 10.9 Å². The largest absolute Gasteiger partial charge is 0.491 e. The van der Waals surface area contributed by atoms with Gasteiger partial charge in [-0.1, -0.05) is 12.1 Å². The standard InChI is InChI=1S/C16H22N2O/c1-17(2)10-11-18-14-8-4-3-7-13(14)16-15(18)9-5-6-12-19-16/h3-4,7-8H,5-6,9-12H2,1-2H3. The third-order valence-electron chi connectivity index (χ3n) is 3.85. The second-order valence-electron chi connectivity index (χ2n) is 5.55. The van der Waals surface area contributed by atoms with E-state index in [1.807, 2.05) is 0 Å². The number of aromatic nitrogens is 1. The first-order valence-corrected chi connectivity index (χ1v) is 7.15. The molecule has 0 aliphatic carbocycles. The van der Waals surface area contributed by atoms with E-state index in [-0.39, 0.29) is 0 Å². The van der Waals surface area contributed by atoms with E-state index in [1.54, 1.807) is 0 Å². The van der Waals surface area contributed by atoms with Gasteiger partial charge in [0.15, 0.2) is 0 Å². The zero-order valence-corrected chi connectivity index (χ0v) is 11.9. The Morgan fingerprint density at radius 3 is 2.89 bits per heavy atom. The molecule has 0 spiro atoms. The number of hydrogen-bond acceptors (Lipinski definition) is 2. The van der Waals surface area contributed by atoms with E-state index >= 15 is 0 Å². The van der Waals surface area contributed by atoms with Crippen LogP contribution in [0.2, 0.25) is 0 Å². The fourth-order valence-electron chi connectivity index (χ4n) is 2.86. The van der Waals surface area contributed by atoms with Crippen LogP contribution in [0.4, 0.5) is 0 Å². The maximum Gasteiger partial charge on any atom is 0.148 e. The van der Waals surface area contributed by atoms with Gasteiger partial charge in [-0.25, -0.2) is 0 Å². The molecule has 1 aliphatic heterocycles. The second kappa shape index (κ2) is 5.25. The molecule has 1 aromatic heterocycles. The van der Waals surface area contributed by atoms with Gasteiger partial charge in [-0.2, -0.15) is 0 Å². The Hall–Kier alpha value is -1.48. The van der Waals surface area contributed by atoms with E-state index in [9.17, 15) is 0 Å². The molecule has 2 heterocycles. The fourth-order valence-corrected chi connectivity index (χ4v) is 2.86. The van der Waals surface area contributed by atoms with E-state index in [1.165, 1.54) is 23.0 Å². The van der Waals surface area contributed by atoms with Crippen molar-refractivity contribution in [3.63, 3.8) is 0 Å². The number of likely N-dealkylation sites (N-methyl/N-ethyl adjacent to an activating group) is 1. The summed E-state index contributed by atoms with van der Waals surface area (Å²) in [6.45, 7) is 2.95. The molecule has 1 aromatic carbocycles. The lowest BCUT2D eigenvalue weighted by molar-refractivity contribution is 0.319. The maximum atomic E-state index is 6.01. The molecular formula is C16H22N2O. The molecule has 0 fully saturated rings. The van der Waals surface area contributed by atoms with Crippen molar-refractivity contribution in [1.82, 2.24) is 9.47 Å². The first-order valence-electron chi connectivity index (χ1n) is 7.15. The highest BCUT2D eigenvalue weighted by Gasteiger charge is 2.19. The first kappa shape index (κ1) is 12.5. The van der Waals surface area contributed by atoms with Crippen LogP contribution < -0.4 is 4.74 Å². The monoisotopic (exact) mass is 258 g/mol. The number of para-hydroxylation sites is 1. The molecule has 0 bridgehead atoms. The highest BCUT2D eigenvalue weighted by atomic mass is 16.5. The number of rotatable bonds is 3. The lowest BCUT2D eigenvalue weighted by Crippen LogP contribution is -2.19. The van der Waals surface area contributed by atoms with Gasteiger partial charge < -0.3 is 14.2 Å². The molecule has 0 saturated carbocycles. The van der Waals surface area contributed by atoms with Gasteiger partial charge in [-0.15, -0.1) is 0 Å². The third kappa shape index (κ3) is 2.35. The summed E-state index contributed by atoms with van der Waals surface area (Å²) in [6, 6.07) is 8.62. The van der Waals surface area contributed by atoms with E-state index in [2.05, 4.69) is 47.8 Å². The van der Waals surface area contributed by atoms with Gasteiger partial charge in [0.2, 0.25) is 0 Å². The Morgan fingerprint density at radius 1 is 1.21 bits per heavy atom. The van der Waals surface area contributed by atoms with Gasteiger partial charge in [0.25, 0.3) is 0 Å². The van der Waals surface area contributed by atoms with Crippen LogP contribution in [-0.2, 0) is 13.0 Å². The van der Waals surface area contributed by atoms with Gasteiger partial charge >= 0.3 is 0 Å². The SMILES string of the molecule is CN(C)CCn1c2c(c3ccccc31)OCCCC2. The maximum absolute atomic E-state index is 6.01. The Morgan fingerprint density at radius 2 is 2.05 bits per heavy atom. The van der Waals surface area contributed by atoms with Crippen molar-refractivity contribution in [2.45, 2.75) is 25.8 Å². The quantitative estimate of drug-likeness (QED) is 0.842. The third-order valence-corrected chi connectivity index (χ3v) is 3.85. The highest BCUT2D eigenvalue weighted by Crippen LogP contribution is 2.35. The van der Waals surface area contributed by atoms with E-state index in [0.29, 0.717) is 0 Å². The van der Waals surface area contributed by atoms with Gasteiger partial charge in [0.05, 0.1) is 17.8 Å². The molecule has 0 unspecified atom stereocenters. The number of benzene rings is 1. The predicted molar refractivity (Wildman–Crippen MR) is 78.9 cm³/mol. The molecular weight excluding hydrogens is 236 g/mol. The topological polar surface area (TPSA) is 17.4 Å². The minimum absolute atomic E-state index is 0.856. The number of fused-ring (bicyclic) bond motifs is 3. The minimum Gasteiger partial charge on any atom is -0.491 e. The number of ether oxygens (including phenoxy) is 1. The Bertz CT molecular complexity index is 571. The summed E-state index contributed by atoms with van der Waals surface area (Å²) >= 11 is 0. The van der Waals surface area contributed by atoms with Crippen molar-refractivity contribution in [2.75, 3.05) is 27.2 Å². The second-order valence-corrected chi connectivity index (χ2v) is 5.55. The molecule has 0 amide bonds. The first-order chi connectivity index (χ1) is 9.27. The van der Waals surface area contributed by atoms with Gasteiger partial charge in [-0.05, 0) is 45.5 Å². The molecule has 0 radical (unpaired) electrons. The average molecular weight is 258 g/mol. The number of hydrogen-bond donors (Lipinski definition) is 0. The fraction of sp³-hybridized carbons (Fsp3) is 0.500. The summed E-state index contributed by atoms with van der Waals surface area (Å²) in [5.74, 6) is 1.13. The lowest BCUT2D eigenvalue weighted by atomic mass is 10.2. The van der Waals surface area contributed by atoms with Crippen molar-refractivity contribution < 1.29 is 4.74 Å². The van der Waals surface area contributed by atoms with Crippen molar-refractivity contribution in [2.24, 2.45) is 0 Å². The number of nitrogens with zero attached hydrogens (tertiary/aromatic N) is 2. The van der Waals surface area contributed by atoms with Crippen LogP contribution in [0.5, 0.6) is 5.75 Å². The van der Waals surface area contributed by atoms with Crippen LogP contribution in [0.3, 0.4) is 0 Å². The highest BCUT2D eigenvalue weighted by molar-refractivity contribution is 5.88. The summed E-state index contributed by atoms with van der Waals surface area (Å²) in [7, 11) is 4.25. The molecule has 3 nitrogen and oxygen atoms in total. The van der Waals surface area contributed by atoms with Crippen molar-refractivity contribution in [3.05, 3.63) is 30.0 Å². The van der Waals surface area contributed by atoms with E-state index in [4.69, 9.17) is 4.74 Å². The molecule has 0 N–H and O–H groups in total. The summed E-state index contributed by atoms with van der Waals surface area (Å²) in [6.07, 6.45) is 3.53. The predicted octanol–water partition coefficient (Wildman–Crippen LogP) is 2.92. The van der Waals surface area contributed by atoms with Crippen LogP contribution in [0, 0.1) is 0 Å². The van der Waals surface area contributed by atoms with Crippen LogP contribution in [-0.4, -0.2) is 36.7 Å². The van der Waals surface area contributed by atoms with Crippen molar-refractivity contribution in [1.29, 1.82) is 0 Å². The summed E-state index contributed by atoms with van der Waals surface area (Å²) in [5, 5.41) is 1.28. The summed E-state index contributed by atoms with van der Waals surface area (Å²) in [5.41, 5.74) is 2.71. The minimum atomic E-state index is 0.856. The molecule has 3 rings (SSSR count). The Kier molecular flexibility index (Phi) is 3.47. The normalized spacial score (nSPS) is 15.3. The van der Waals surface area contributed by atoms with Gasteiger partial charge in [-0.3, -0.25) is 0 Å². The molecule has 0 saturated heterocycles. The zero-order valence-electron chi connectivity index (χ0n) is 11.9. The smallest absolute Gasteiger partial charge is 0.148 e. The Labute approximate surface area is 114 Å². The molecule has 0 atom stereocenters. The molecule has 3 heteroatoms. The van der Waals surface area contributed by atoms with E-state index < -0.39 is 0 Å². The Balaban J connectivity index is 2.09. The van der Waals surface area contributed by atoms with Crippen LogP contribution in [0.1, 0.15) is 18.5 Å². The van der Waals surface area contributed by atoms with Gasteiger partial charge in [0.1, 0.15) is 5.75 Å². The van der Waals surface area contributed by atoms with Crippen molar-refractivity contribution in [3.8, 4) is 5.75 Å². The molecule has 2 aromatic rings. The van der Waals surface area contributed by atoms with Gasteiger partial charge in [0, 0.05) is 18.5 Å². The average Bonchev–Trinajstić information content (AvgIpc) is 2.56. The zero-order chi connectivity index (χ0) is 13.2. The molecule has 102 valence electrons. The molecule has 19 heavy (non-hydrogen) atoms. The van der Waals surface area contributed by atoms with E-state index in [0.717, 1.165) is 38.3 Å². The van der Waals surface area contributed by atoms with Crippen molar-refractivity contribution >= 4 is 10.9 Å². The van der Waals surface area contributed by atoms with Crippen LogP contribution >= 0.6 is 0 Å². The van der Waals surface area contributed by atoms with Crippen LogP contribution in [0.15, 0.2) is 24.3 Å².